The van der Waals surface area contributed by atoms with E-state index in [1.54, 1.807) is 24.3 Å². The van der Waals surface area contributed by atoms with Gasteiger partial charge in [-0.25, -0.2) is 0 Å². The summed E-state index contributed by atoms with van der Waals surface area (Å²) in [7, 11) is 0. The fourth-order valence-corrected chi connectivity index (χ4v) is 3.00. The largest absolute Gasteiger partial charge is 0.288 e. The highest BCUT2D eigenvalue weighted by Crippen LogP contribution is 2.41. The standard InChI is InChI=1S/C11H5Cl3OS/c12-7-8(13)11(14)16-10(7)9(15)6-4-2-1-3-5-6/h1-5H. The van der Waals surface area contributed by atoms with Gasteiger partial charge in [0.15, 0.2) is 0 Å². The number of rotatable bonds is 2. The molecule has 0 saturated carbocycles. The van der Waals surface area contributed by atoms with E-state index >= 15 is 0 Å². The predicted octanol–water partition coefficient (Wildman–Crippen LogP) is 4.94. The molecule has 0 amide bonds. The molecule has 0 radical (unpaired) electrons. The lowest BCUT2D eigenvalue weighted by atomic mass is 10.1. The molecule has 0 N–H and O–H groups in total. The van der Waals surface area contributed by atoms with Crippen molar-refractivity contribution in [1.29, 1.82) is 0 Å². The van der Waals surface area contributed by atoms with Crippen molar-refractivity contribution < 1.29 is 4.79 Å². The Balaban J connectivity index is 2.46. The van der Waals surface area contributed by atoms with Crippen LogP contribution in [-0.2, 0) is 0 Å². The molecule has 1 aromatic carbocycles. The molecule has 1 heterocycles. The van der Waals surface area contributed by atoms with Crippen LogP contribution < -0.4 is 0 Å². The lowest BCUT2D eigenvalue weighted by Crippen LogP contribution is -1.98. The van der Waals surface area contributed by atoms with E-state index in [0.29, 0.717) is 14.8 Å². The smallest absolute Gasteiger partial charge is 0.204 e. The molecule has 0 aliphatic rings. The van der Waals surface area contributed by atoms with E-state index in [1.165, 1.54) is 0 Å². The van der Waals surface area contributed by atoms with Crippen LogP contribution in [0.2, 0.25) is 14.4 Å². The summed E-state index contributed by atoms with van der Waals surface area (Å²) in [5.41, 5.74) is 0.569. The number of ketones is 1. The Morgan fingerprint density at radius 3 is 2.12 bits per heavy atom. The van der Waals surface area contributed by atoms with Crippen molar-refractivity contribution in [2.75, 3.05) is 0 Å². The van der Waals surface area contributed by atoms with Crippen LogP contribution >= 0.6 is 46.1 Å². The van der Waals surface area contributed by atoms with Crippen molar-refractivity contribution in [3.63, 3.8) is 0 Å². The zero-order valence-electron chi connectivity index (χ0n) is 7.84. The van der Waals surface area contributed by atoms with Gasteiger partial charge in [0.25, 0.3) is 0 Å². The van der Waals surface area contributed by atoms with Crippen molar-refractivity contribution in [3.05, 3.63) is 55.2 Å². The lowest BCUT2D eigenvalue weighted by Gasteiger charge is -1.97. The zero-order valence-corrected chi connectivity index (χ0v) is 10.9. The van der Waals surface area contributed by atoms with Crippen molar-refractivity contribution in [2.45, 2.75) is 0 Å². The molecule has 1 aromatic heterocycles. The Morgan fingerprint density at radius 1 is 1.00 bits per heavy atom. The van der Waals surface area contributed by atoms with Crippen molar-refractivity contribution in [3.8, 4) is 0 Å². The predicted molar refractivity (Wildman–Crippen MR) is 69.2 cm³/mol. The molecule has 2 aromatic rings. The Kier molecular flexibility index (Phi) is 3.55. The highest BCUT2D eigenvalue weighted by Gasteiger charge is 2.20. The van der Waals surface area contributed by atoms with Crippen LogP contribution in [0.1, 0.15) is 15.2 Å². The Bertz CT molecular complexity index is 534. The van der Waals surface area contributed by atoms with Gasteiger partial charge < -0.3 is 0 Å². The third-order valence-corrected chi connectivity index (χ3v) is 4.57. The van der Waals surface area contributed by atoms with Gasteiger partial charge >= 0.3 is 0 Å². The minimum atomic E-state index is -0.163. The molecule has 16 heavy (non-hydrogen) atoms. The maximum atomic E-state index is 12.0. The van der Waals surface area contributed by atoms with E-state index in [9.17, 15) is 4.79 Å². The van der Waals surface area contributed by atoms with E-state index in [0.717, 1.165) is 11.3 Å². The first-order valence-electron chi connectivity index (χ1n) is 4.34. The molecule has 0 aliphatic carbocycles. The molecule has 0 aliphatic heterocycles. The van der Waals surface area contributed by atoms with Crippen molar-refractivity contribution in [1.82, 2.24) is 0 Å². The maximum absolute atomic E-state index is 12.0. The topological polar surface area (TPSA) is 17.1 Å². The second kappa shape index (κ2) is 4.76. The minimum Gasteiger partial charge on any atom is -0.288 e. The molecular weight excluding hydrogens is 287 g/mol. The highest BCUT2D eigenvalue weighted by molar-refractivity contribution is 7.19. The van der Waals surface area contributed by atoms with Crippen LogP contribution in [0.25, 0.3) is 0 Å². The molecule has 0 unspecified atom stereocenters. The summed E-state index contributed by atoms with van der Waals surface area (Å²) in [4.78, 5) is 12.4. The fraction of sp³-hybridized carbons (Fsp3) is 0. The number of halogens is 3. The lowest BCUT2D eigenvalue weighted by molar-refractivity contribution is 0.104. The molecule has 82 valence electrons. The van der Waals surface area contributed by atoms with Gasteiger partial charge in [-0.1, -0.05) is 65.1 Å². The zero-order chi connectivity index (χ0) is 11.7. The molecule has 0 fully saturated rings. The fourth-order valence-electron chi connectivity index (χ4n) is 1.23. The SMILES string of the molecule is O=C(c1ccccc1)c1sc(Cl)c(Cl)c1Cl. The number of thiophene rings is 1. The molecule has 2 rings (SSSR count). The molecule has 5 heteroatoms. The minimum absolute atomic E-state index is 0.163. The quantitative estimate of drug-likeness (QED) is 0.716. The summed E-state index contributed by atoms with van der Waals surface area (Å²) in [5.74, 6) is -0.163. The molecule has 0 atom stereocenters. The van der Waals surface area contributed by atoms with E-state index in [-0.39, 0.29) is 15.8 Å². The van der Waals surface area contributed by atoms with Gasteiger partial charge in [0.1, 0.15) is 4.34 Å². The third kappa shape index (κ3) is 2.11. The average Bonchev–Trinajstić information content (AvgIpc) is 2.57. The molecular formula is C11H5Cl3OS. The summed E-state index contributed by atoms with van der Waals surface area (Å²) < 4.78 is 0.339. The Labute approximate surface area is 112 Å². The van der Waals surface area contributed by atoms with Gasteiger partial charge in [-0.15, -0.1) is 11.3 Å². The van der Waals surface area contributed by atoms with E-state index in [4.69, 9.17) is 34.8 Å². The second-order valence-electron chi connectivity index (χ2n) is 3.03. The Hall–Kier alpha value is -0.540. The first kappa shape index (κ1) is 11.9. The second-order valence-corrected chi connectivity index (χ2v) is 5.41. The van der Waals surface area contributed by atoms with Crippen molar-refractivity contribution in [2.24, 2.45) is 0 Å². The first-order chi connectivity index (χ1) is 7.61. The van der Waals surface area contributed by atoms with Gasteiger partial charge in [-0.05, 0) is 0 Å². The summed E-state index contributed by atoms with van der Waals surface area (Å²) >= 11 is 18.7. The van der Waals surface area contributed by atoms with E-state index < -0.39 is 0 Å². The number of hydrogen-bond acceptors (Lipinski definition) is 2. The van der Waals surface area contributed by atoms with Crippen LogP contribution in [0, 0.1) is 0 Å². The maximum Gasteiger partial charge on any atom is 0.204 e. The van der Waals surface area contributed by atoms with Gasteiger partial charge in [0.2, 0.25) is 5.78 Å². The van der Waals surface area contributed by atoms with Gasteiger partial charge in [0.05, 0.1) is 14.9 Å². The summed E-state index contributed by atoms with van der Waals surface area (Å²) in [6.45, 7) is 0. The number of benzene rings is 1. The normalized spacial score (nSPS) is 10.4. The van der Waals surface area contributed by atoms with Crippen LogP contribution in [0.15, 0.2) is 30.3 Å². The summed E-state index contributed by atoms with van der Waals surface area (Å²) in [5, 5.41) is 0.470. The summed E-state index contributed by atoms with van der Waals surface area (Å²) in [6, 6.07) is 8.86. The number of carbonyl (C=O) groups excluding carboxylic acids is 1. The van der Waals surface area contributed by atoms with Crippen LogP contribution in [-0.4, -0.2) is 5.78 Å². The Morgan fingerprint density at radius 2 is 1.62 bits per heavy atom. The number of hydrogen-bond donors (Lipinski definition) is 0. The van der Waals surface area contributed by atoms with Crippen LogP contribution in [0.5, 0.6) is 0 Å². The first-order valence-corrected chi connectivity index (χ1v) is 6.29. The molecule has 1 nitrogen and oxygen atoms in total. The van der Waals surface area contributed by atoms with E-state index in [1.807, 2.05) is 6.07 Å². The third-order valence-electron chi connectivity index (χ3n) is 2.00. The molecule has 0 bridgehead atoms. The van der Waals surface area contributed by atoms with Crippen molar-refractivity contribution >= 4 is 51.9 Å². The van der Waals surface area contributed by atoms with E-state index in [2.05, 4.69) is 0 Å². The molecule has 0 spiro atoms. The number of carbonyl (C=O) groups is 1. The van der Waals surface area contributed by atoms with Gasteiger partial charge in [-0.3, -0.25) is 4.79 Å². The van der Waals surface area contributed by atoms with Gasteiger partial charge in [0, 0.05) is 5.56 Å². The van der Waals surface area contributed by atoms with Crippen LogP contribution in [0.4, 0.5) is 0 Å². The monoisotopic (exact) mass is 290 g/mol. The molecule has 0 saturated heterocycles. The summed E-state index contributed by atoms with van der Waals surface area (Å²) in [6.07, 6.45) is 0. The average molecular weight is 292 g/mol. The highest BCUT2D eigenvalue weighted by atomic mass is 35.5. The van der Waals surface area contributed by atoms with Crippen LogP contribution in [0.3, 0.4) is 0 Å². The van der Waals surface area contributed by atoms with Gasteiger partial charge in [-0.2, -0.15) is 0 Å².